The lowest BCUT2D eigenvalue weighted by molar-refractivity contribution is -0.136. The van der Waals surface area contributed by atoms with Crippen LogP contribution in [0.3, 0.4) is 0 Å². The Kier molecular flexibility index (Phi) is 7.54. The van der Waals surface area contributed by atoms with Crippen LogP contribution in [-0.2, 0) is 16.2 Å². The normalized spacial score (nSPS) is 19.0. The zero-order chi connectivity index (χ0) is 25.4. The molecule has 2 atom stereocenters. The van der Waals surface area contributed by atoms with Gasteiger partial charge in [0.15, 0.2) is 0 Å². The number of aromatic nitrogens is 3. The number of anilines is 1. The van der Waals surface area contributed by atoms with Gasteiger partial charge in [-0.1, -0.05) is 6.92 Å². The molecule has 0 spiro atoms. The Morgan fingerprint density at radius 2 is 1.91 bits per heavy atom. The van der Waals surface area contributed by atoms with Gasteiger partial charge in [-0.05, 0) is 12.8 Å². The zero-order valence-corrected chi connectivity index (χ0v) is 18.7. The maximum atomic E-state index is 13.6. The second-order valence-corrected chi connectivity index (χ2v) is 9.68. The van der Waals surface area contributed by atoms with Crippen LogP contribution in [0.1, 0.15) is 49.4 Å². The molecular weight excluding hydrogens is 478 g/mol. The average molecular weight is 500 g/mol. The van der Waals surface area contributed by atoms with Crippen LogP contribution in [0.15, 0.2) is 6.20 Å². The summed E-state index contributed by atoms with van der Waals surface area (Å²) in [5.74, 6) is -5.43. The Morgan fingerprint density at radius 1 is 1.30 bits per heavy atom. The van der Waals surface area contributed by atoms with Gasteiger partial charge in [-0.25, -0.2) is 31.1 Å². The summed E-state index contributed by atoms with van der Waals surface area (Å²) in [4.78, 5) is 3.44. The lowest BCUT2D eigenvalue weighted by Crippen LogP contribution is -2.39. The number of hydrogen-bond donors (Lipinski definition) is 1. The van der Waals surface area contributed by atoms with E-state index in [0.29, 0.717) is 30.8 Å². The maximum Gasteiger partial charge on any atom is 0.419 e. The molecule has 1 fully saturated rings. The van der Waals surface area contributed by atoms with Gasteiger partial charge in [0.25, 0.3) is 5.92 Å². The Balaban J connectivity index is 0.000000294. The first-order valence-corrected chi connectivity index (χ1v) is 11.4. The summed E-state index contributed by atoms with van der Waals surface area (Å²) < 4.78 is 103. The van der Waals surface area contributed by atoms with Crippen LogP contribution >= 0.6 is 0 Å². The van der Waals surface area contributed by atoms with Crippen LogP contribution in [-0.4, -0.2) is 58.8 Å². The predicted octanol–water partition coefficient (Wildman–Crippen LogP) is 3.34. The summed E-state index contributed by atoms with van der Waals surface area (Å²) in [6.07, 6.45) is -2.89. The molecule has 1 saturated heterocycles. The summed E-state index contributed by atoms with van der Waals surface area (Å²) in [5, 5.41) is 12.6. The van der Waals surface area contributed by atoms with E-state index < -0.39 is 62.5 Å². The van der Waals surface area contributed by atoms with E-state index in [-0.39, 0.29) is 6.54 Å². The molecule has 8 nitrogen and oxygen atoms in total. The minimum atomic E-state index is -4.92. The fourth-order valence-corrected chi connectivity index (χ4v) is 4.21. The van der Waals surface area contributed by atoms with Gasteiger partial charge >= 0.3 is 6.18 Å². The molecule has 0 aromatic carbocycles. The van der Waals surface area contributed by atoms with Gasteiger partial charge in [-0.3, -0.25) is 0 Å². The van der Waals surface area contributed by atoms with Crippen LogP contribution in [0.2, 0.25) is 0 Å². The fraction of sp³-hybridized carbons (Fsp3) is 0.611. The van der Waals surface area contributed by atoms with E-state index in [1.54, 1.807) is 0 Å². The number of hydrogen-bond acceptors (Lipinski definition) is 6. The minimum absolute atomic E-state index is 0.0405. The lowest BCUT2D eigenvalue weighted by atomic mass is 9.96. The molecule has 1 aliphatic heterocycles. The second-order valence-electron chi connectivity index (χ2n) is 7.70. The van der Waals surface area contributed by atoms with Crippen molar-refractivity contribution in [2.75, 3.05) is 25.1 Å². The van der Waals surface area contributed by atoms with Gasteiger partial charge in [0.05, 0.1) is 35.1 Å². The standard InChI is InChI=1S/C12H10F5N5.C6H12FNO2S/c1-5(11(2,13)14)9-6(3-18)8(12(15,16)17)7-4-20-10(19)21-22(7)9;1-11(9,10)8-4-2-3-6(7)5-8/h4-5H,1-2H3,(H2,19,21);6H,2-5H2,1H3. The predicted molar refractivity (Wildman–Crippen MR) is 107 cm³/mol. The van der Waals surface area contributed by atoms with Gasteiger partial charge in [0.2, 0.25) is 16.0 Å². The highest BCUT2D eigenvalue weighted by Gasteiger charge is 2.44. The Labute approximate surface area is 186 Å². The number of piperidine rings is 1. The molecule has 2 aromatic rings. The van der Waals surface area contributed by atoms with Crippen molar-refractivity contribution in [2.45, 2.75) is 50.9 Å². The van der Waals surface area contributed by atoms with E-state index in [0.717, 1.165) is 19.4 Å². The third-order valence-electron chi connectivity index (χ3n) is 5.10. The second kappa shape index (κ2) is 9.34. The third-order valence-corrected chi connectivity index (χ3v) is 6.37. The fourth-order valence-electron chi connectivity index (χ4n) is 3.31. The zero-order valence-electron chi connectivity index (χ0n) is 17.9. The van der Waals surface area contributed by atoms with E-state index in [9.17, 15) is 34.8 Å². The van der Waals surface area contributed by atoms with Crippen LogP contribution in [0, 0.1) is 11.3 Å². The number of nitrogen functional groups attached to an aromatic ring is 1. The molecule has 0 bridgehead atoms. The van der Waals surface area contributed by atoms with E-state index >= 15 is 0 Å². The van der Waals surface area contributed by atoms with Crippen molar-refractivity contribution in [2.24, 2.45) is 0 Å². The molecule has 2 aromatic heterocycles. The van der Waals surface area contributed by atoms with Crippen LogP contribution in [0.4, 0.5) is 32.3 Å². The van der Waals surface area contributed by atoms with Crippen molar-refractivity contribution in [3.8, 4) is 6.07 Å². The monoisotopic (exact) mass is 500 g/mol. The first kappa shape index (κ1) is 26.7. The highest BCUT2D eigenvalue weighted by atomic mass is 32.2. The molecule has 3 heterocycles. The number of nitrogens with zero attached hydrogens (tertiary/aromatic N) is 5. The van der Waals surface area contributed by atoms with Crippen molar-refractivity contribution in [3.63, 3.8) is 0 Å². The molecule has 33 heavy (non-hydrogen) atoms. The van der Waals surface area contributed by atoms with Gasteiger partial charge < -0.3 is 5.73 Å². The molecular formula is C18H22F6N6O2S. The molecule has 0 saturated carbocycles. The van der Waals surface area contributed by atoms with Crippen molar-refractivity contribution in [1.82, 2.24) is 18.9 Å². The Hall–Kier alpha value is -2.60. The molecule has 2 unspecified atom stereocenters. The SMILES string of the molecule is CC(c1c(C#N)c(C(F)(F)F)c2cnc(N)nn12)C(C)(F)F.CS(=O)(=O)N1CCCC(F)C1. The molecule has 15 heteroatoms. The molecule has 184 valence electrons. The first-order chi connectivity index (χ1) is 15.0. The summed E-state index contributed by atoms with van der Waals surface area (Å²) in [6.45, 7) is 2.08. The molecule has 2 N–H and O–H groups in total. The van der Waals surface area contributed by atoms with E-state index in [4.69, 9.17) is 11.0 Å². The van der Waals surface area contributed by atoms with Crippen LogP contribution < -0.4 is 5.73 Å². The van der Waals surface area contributed by atoms with Crippen molar-refractivity contribution in [3.05, 3.63) is 23.0 Å². The molecule has 0 radical (unpaired) electrons. The summed E-state index contributed by atoms with van der Waals surface area (Å²) >= 11 is 0. The van der Waals surface area contributed by atoms with Crippen LogP contribution in [0.25, 0.3) is 5.52 Å². The van der Waals surface area contributed by atoms with Gasteiger partial charge in [0, 0.05) is 20.0 Å². The van der Waals surface area contributed by atoms with Crippen molar-refractivity contribution in [1.29, 1.82) is 5.26 Å². The van der Waals surface area contributed by atoms with Crippen molar-refractivity contribution < 1.29 is 34.8 Å². The van der Waals surface area contributed by atoms with Crippen molar-refractivity contribution >= 4 is 21.5 Å². The highest BCUT2D eigenvalue weighted by molar-refractivity contribution is 7.88. The number of nitrogens with two attached hydrogens (primary N) is 1. The molecule has 3 rings (SSSR count). The first-order valence-electron chi connectivity index (χ1n) is 9.59. The molecule has 0 aliphatic carbocycles. The Bertz CT molecular complexity index is 1150. The largest absolute Gasteiger partial charge is 0.419 e. The average Bonchev–Trinajstić information content (AvgIpc) is 3.00. The minimum Gasteiger partial charge on any atom is -0.367 e. The number of nitriles is 1. The maximum absolute atomic E-state index is 13.6. The topological polar surface area (TPSA) is 117 Å². The van der Waals surface area contributed by atoms with Gasteiger partial charge in [0.1, 0.15) is 17.8 Å². The summed E-state index contributed by atoms with van der Waals surface area (Å²) in [6, 6.07) is 1.35. The number of halogens is 6. The van der Waals surface area contributed by atoms with Crippen LogP contribution in [0.5, 0.6) is 0 Å². The van der Waals surface area contributed by atoms with E-state index in [2.05, 4.69) is 10.1 Å². The smallest absolute Gasteiger partial charge is 0.367 e. The number of sulfonamides is 1. The highest BCUT2D eigenvalue weighted by Crippen LogP contribution is 2.42. The number of rotatable bonds is 3. The quantitative estimate of drug-likeness (QED) is 0.646. The summed E-state index contributed by atoms with van der Waals surface area (Å²) in [5.41, 5.74) is 1.93. The summed E-state index contributed by atoms with van der Waals surface area (Å²) in [7, 11) is -3.17. The molecule has 1 aliphatic rings. The van der Waals surface area contributed by atoms with E-state index in [1.807, 2.05) is 0 Å². The lowest BCUT2D eigenvalue weighted by Gasteiger charge is -2.26. The van der Waals surface area contributed by atoms with E-state index in [1.165, 1.54) is 10.4 Å². The molecule has 0 amide bonds. The number of fused-ring (bicyclic) bond motifs is 1. The van der Waals surface area contributed by atoms with Gasteiger partial charge in [-0.15, -0.1) is 5.10 Å². The Morgan fingerprint density at radius 3 is 2.33 bits per heavy atom. The third kappa shape index (κ3) is 6.05. The number of alkyl halides is 6. The van der Waals surface area contributed by atoms with Gasteiger partial charge in [-0.2, -0.15) is 22.7 Å².